The van der Waals surface area contributed by atoms with Crippen LogP contribution in [0.5, 0.6) is 5.75 Å². The molecule has 0 aliphatic carbocycles. The predicted octanol–water partition coefficient (Wildman–Crippen LogP) is 2.41. The van der Waals surface area contributed by atoms with Crippen LogP contribution in [0.15, 0.2) is 36.9 Å². The van der Waals surface area contributed by atoms with Gasteiger partial charge in [-0.2, -0.15) is 0 Å². The molecule has 0 aliphatic heterocycles. The Morgan fingerprint density at radius 1 is 1.33 bits per heavy atom. The maximum atomic E-state index is 9.26. The highest BCUT2D eigenvalue weighted by molar-refractivity contribution is 6.18. The lowest BCUT2D eigenvalue weighted by Gasteiger charge is -2.10. The van der Waals surface area contributed by atoms with Gasteiger partial charge in [-0.05, 0) is 24.1 Å². The molecule has 0 fully saturated rings. The van der Waals surface area contributed by atoms with Gasteiger partial charge in [-0.25, -0.2) is 0 Å². The Morgan fingerprint density at radius 2 is 2.06 bits per heavy atom. The first-order valence-electron chi connectivity index (χ1n) is 5.90. The van der Waals surface area contributed by atoms with Gasteiger partial charge in [-0.15, -0.1) is 18.2 Å². The summed E-state index contributed by atoms with van der Waals surface area (Å²) in [6.45, 7) is 5.06. The van der Waals surface area contributed by atoms with Gasteiger partial charge in [-0.1, -0.05) is 18.2 Å². The van der Waals surface area contributed by atoms with Crippen LogP contribution in [0.25, 0.3) is 0 Å². The first kappa shape index (κ1) is 15.0. The van der Waals surface area contributed by atoms with E-state index in [-0.39, 0.29) is 12.5 Å². The van der Waals surface area contributed by atoms with Crippen LogP contribution in [0.3, 0.4) is 0 Å². The van der Waals surface area contributed by atoms with Crippen molar-refractivity contribution in [2.45, 2.75) is 12.5 Å². The molecule has 0 saturated carbocycles. The molecule has 1 atom stereocenters. The number of aliphatic hydroxyl groups is 1. The van der Waals surface area contributed by atoms with E-state index in [0.29, 0.717) is 13.2 Å². The lowest BCUT2D eigenvalue weighted by molar-refractivity contribution is 0.125. The Labute approximate surface area is 113 Å². The van der Waals surface area contributed by atoms with Crippen molar-refractivity contribution in [3.05, 3.63) is 42.5 Å². The highest BCUT2D eigenvalue weighted by Crippen LogP contribution is 2.13. The molecule has 1 N–H and O–H groups in total. The van der Waals surface area contributed by atoms with E-state index >= 15 is 0 Å². The molecule has 0 heterocycles. The number of alkyl halides is 1. The smallest absolute Gasteiger partial charge is 0.119 e. The van der Waals surface area contributed by atoms with E-state index in [2.05, 4.69) is 6.58 Å². The summed E-state index contributed by atoms with van der Waals surface area (Å²) in [6.07, 6.45) is 1.97. The molecule has 0 spiro atoms. The molecule has 0 aromatic heterocycles. The van der Waals surface area contributed by atoms with Crippen LogP contribution >= 0.6 is 11.6 Å². The zero-order valence-corrected chi connectivity index (χ0v) is 11.1. The molecule has 0 amide bonds. The van der Waals surface area contributed by atoms with Gasteiger partial charge in [0.1, 0.15) is 18.5 Å². The van der Waals surface area contributed by atoms with Gasteiger partial charge >= 0.3 is 0 Å². The molecule has 0 aliphatic rings. The summed E-state index contributed by atoms with van der Waals surface area (Å²) >= 11 is 5.48. The molecule has 0 radical (unpaired) electrons. The van der Waals surface area contributed by atoms with Gasteiger partial charge in [0, 0.05) is 0 Å². The van der Waals surface area contributed by atoms with Gasteiger partial charge in [0.15, 0.2) is 0 Å². The molecular formula is C14H19ClO3. The SMILES string of the molecule is C=CCOCCc1ccc(OCC(O)CCl)cc1. The third kappa shape index (κ3) is 6.05. The number of aliphatic hydroxyl groups excluding tert-OH is 1. The highest BCUT2D eigenvalue weighted by atomic mass is 35.5. The number of hydrogen-bond donors (Lipinski definition) is 1. The Hall–Kier alpha value is -1.03. The predicted molar refractivity (Wildman–Crippen MR) is 73.4 cm³/mol. The second-order valence-electron chi connectivity index (χ2n) is 3.88. The number of hydrogen-bond acceptors (Lipinski definition) is 3. The van der Waals surface area contributed by atoms with Crippen LogP contribution < -0.4 is 4.74 Å². The monoisotopic (exact) mass is 270 g/mol. The maximum absolute atomic E-state index is 9.26. The van der Waals surface area contributed by atoms with Gasteiger partial charge in [0.2, 0.25) is 0 Å². The van der Waals surface area contributed by atoms with Gasteiger partial charge in [0.25, 0.3) is 0 Å². The molecule has 0 saturated heterocycles. The summed E-state index contributed by atoms with van der Waals surface area (Å²) in [5.41, 5.74) is 1.18. The topological polar surface area (TPSA) is 38.7 Å². The van der Waals surface area contributed by atoms with Crippen LogP contribution in [-0.2, 0) is 11.2 Å². The van der Waals surface area contributed by atoms with Crippen LogP contribution in [0, 0.1) is 0 Å². The van der Waals surface area contributed by atoms with E-state index in [1.165, 1.54) is 5.56 Å². The molecule has 1 aromatic rings. The van der Waals surface area contributed by atoms with Crippen molar-refractivity contribution < 1.29 is 14.6 Å². The fraction of sp³-hybridized carbons (Fsp3) is 0.429. The lowest BCUT2D eigenvalue weighted by Crippen LogP contribution is -2.18. The van der Waals surface area contributed by atoms with Crippen LogP contribution in [0.1, 0.15) is 5.56 Å². The molecule has 100 valence electrons. The van der Waals surface area contributed by atoms with E-state index in [1.54, 1.807) is 6.08 Å². The molecule has 0 bridgehead atoms. The van der Waals surface area contributed by atoms with Crippen molar-refractivity contribution >= 4 is 11.6 Å². The van der Waals surface area contributed by atoms with E-state index in [4.69, 9.17) is 21.1 Å². The summed E-state index contributed by atoms with van der Waals surface area (Å²) in [5, 5.41) is 9.26. The van der Waals surface area contributed by atoms with Gasteiger partial charge < -0.3 is 14.6 Å². The quantitative estimate of drug-likeness (QED) is 0.425. The fourth-order valence-corrected chi connectivity index (χ4v) is 1.44. The third-order valence-electron chi connectivity index (χ3n) is 2.31. The van der Waals surface area contributed by atoms with Crippen LogP contribution in [0.2, 0.25) is 0 Å². The lowest BCUT2D eigenvalue weighted by atomic mass is 10.1. The van der Waals surface area contributed by atoms with Crippen molar-refractivity contribution in [1.29, 1.82) is 0 Å². The van der Waals surface area contributed by atoms with Crippen molar-refractivity contribution in [3.63, 3.8) is 0 Å². The fourth-order valence-electron chi connectivity index (χ4n) is 1.35. The minimum Gasteiger partial charge on any atom is -0.491 e. The van der Waals surface area contributed by atoms with Gasteiger partial charge in [0.05, 0.1) is 19.1 Å². The number of rotatable bonds is 9. The summed E-state index contributed by atoms with van der Waals surface area (Å²) in [4.78, 5) is 0. The average molecular weight is 271 g/mol. The number of benzene rings is 1. The molecule has 18 heavy (non-hydrogen) atoms. The summed E-state index contributed by atoms with van der Waals surface area (Å²) in [7, 11) is 0. The molecular weight excluding hydrogens is 252 g/mol. The van der Waals surface area contributed by atoms with E-state index in [9.17, 15) is 5.11 Å². The summed E-state index contributed by atoms with van der Waals surface area (Å²) in [6, 6.07) is 7.73. The Kier molecular flexibility index (Phi) is 7.49. The Morgan fingerprint density at radius 3 is 2.67 bits per heavy atom. The molecule has 1 aromatic carbocycles. The minimum absolute atomic E-state index is 0.179. The number of halogens is 1. The van der Waals surface area contributed by atoms with E-state index in [0.717, 1.165) is 12.2 Å². The van der Waals surface area contributed by atoms with Crippen molar-refractivity contribution in [2.75, 3.05) is 25.7 Å². The Balaban J connectivity index is 2.30. The van der Waals surface area contributed by atoms with Crippen LogP contribution in [-0.4, -0.2) is 36.9 Å². The maximum Gasteiger partial charge on any atom is 0.119 e. The second kappa shape index (κ2) is 8.97. The molecule has 1 unspecified atom stereocenters. The van der Waals surface area contributed by atoms with Crippen molar-refractivity contribution in [1.82, 2.24) is 0 Å². The van der Waals surface area contributed by atoms with Gasteiger partial charge in [-0.3, -0.25) is 0 Å². The second-order valence-corrected chi connectivity index (χ2v) is 4.19. The average Bonchev–Trinajstić information content (AvgIpc) is 2.42. The first-order valence-corrected chi connectivity index (χ1v) is 6.44. The van der Waals surface area contributed by atoms with Crippen molar-refractivity contribution in [2.24, 2.45) is 0 Å². The summed E-state index contributed by atoms with van der Waals surface area (Å²) < 4.78 is 10.7. The van der Waals surface area contributed by atoms with Crippen molar-refractivity contribution in [3.8, 4) is 5.75 Å². The third-order valence-corrected chi connectivity index (χ3v) is 2.67. The van der Waals surface area contributed by atoms with Crippen LogP contribution in [0.4, 0.5) is 0 Å². The molecule has 1 rings (SSSR count). The van der Waals surface area contributed by atoms with E-state index in [1.807, 2.05) is 24.3 Å². The minimum atomic E-state index is -0.626. The largest absolute Gasteiger partial charge is 0.491 e. The Bertz CT molecular complexity index is 337. The zero-order chi connectivity index (χ0) is 13.2. The highest BCUT2D eigenvalue weighted by Gasteiger charge is 2.02. The standard InChI is InChI=1S/C14H19ClO3/c1-2-8-17-9-7-12-3-5-14(6-4-12)18-11-13(16)10-15/h2-6,13,16H,1,7-11H2. The summed E-state index contributed by atoms with van der Waals surface area (Å²) in [5.74, 6) is 0.911. The zero-order valence-electron chi connectivity index (χ0n) is 10.3. The van der Waals surface area contributed by atoms with E-state index < -0.39 is 6.10 Å². The normalized spacial score (nSPS) is 12.1. The molecule has 3 nitrogen and oxygen atoms in total. The molecule has 4 heteroatoms. The number of ether oxygens (including phenoxy) is 2. The first-order chi connectivity index (χ1) is 8.76.